The summed E-state index contributed by atoms with van der Waals surface area (Å²) < 4.78 is 32.1. The molecule has 7 heteroatoms. The van der Waals surface area contributed by atoms with Gasteiger partial charge in [-0.15, -0.1) is 0 Å². The van der Waals surface area contributed by atoms with E-state index in [0.717, 1.165) is 27.4 Å². The molecule has 0 fully saturated rings. The molecule has 2 atom stereocenters. The van der Waals surface area contributed by atoms with E-state index in [1.54, 1.807) is 37.3 Å². The molecule has 2 aromatic rings. The number of para-hydroxylation sites is 1. The van der Waals surface area contributed by atoms with Crippen molar-refractivity contribution in [2.75, 3.05) is 10.6 Å². The number of benzene rings is 2. The van der Waals surface area contributed by atoms with Gasteiger partial charge in [-0.3, -0.25) is 9.10 Å². The van der Waals surface area contributed by atoms with Gasteiger partial charge in [-0.1, -0.05) is 30.3 Å². The van der Waals surface area contributed by atoms with Gasteiger partial charge in [0.15, 0.2) is 0 Å². The van der Waals surface area contributed by atoms with Crippen molar-refractivity contribution in [1.82, 2.24) is 5.32 Å². The number of ether oxygens (including phenoxy) is 1. The minimum atomic E-state index is -3.64. The molecule has 1 N–H and O–H groups in total. The van der Waals surface area contributed by atoms with Gasteiger partial charge in [-0.25, -0.2) is 8.42 Å². The Labute approximate surface area is 172 Å². The molecular formula is C22H28N2O4S. The number of nitrogens with one attached hydrogen (secondary N) is 1. The number of fused-ring (bicyclic) bond motifs is 1. The Kier molecular flexibility index (Phi) is 5.63. The first-order chi connectivity index (χ1) is 13.5. The van der Waals surface area contributed by atoms with Crippen LogP contribution in [0.1, 0.15) is 44.4 Å². The average molecular weight is 417 g/mol. The van der Waals surface area contributed by atoms with Crippen LogP contribution in [0.2, 0.25) is 0 Å². The number of anilines is 1. The first-order valence-electron chi connectivity index (χ1n) is 9.62. The Morgan fingerprint density at radius 1 is 1.21 bits per heavy atom. The molecule has 2 aromatic carbocycles. The SMILES string of the molecule is Cc1ccc2c(c1)OC(C)(C)CC2NC(=O)C(C)N(c1ccccc1)S(C)(=O)=O. The Morgan fingerprint density at radius 3 is 2.48 bits per heavy atom. The van der Waals surface area contributed by atoms with Crippen LogP contribution in [-0.4, -0.2) is 32.2 Å². The van der Waals surface area contributed by atoms with Gasteiger partial charge in [-0.05, 0) is 51.5 Å². The van der Waals surface area contributed by atoms with Crippen molar-refractivity contribution in [1.29, 1.82) is 0 Å². The molecule has 0 bridgehead atoms. The third-order valence-corrected chi connectivity index (χ3v) is 6.28. The summed E-state index contributed by atoms with van der Waals surface area (Å²) in [5.41, 5.74) is 1.99. The predicted octanol–water partition coefficient (Wildman–Crippen LogP) is 3.57. The number of rotatable bonds is 5. The van der Waals surface area contributed by atoms with Crippen molar-refractivity contribution < 1.29 is 17.9 Å². The zero-order valence-corrected chi connectivity index (χ0v) is 18.3. The monoisotopic (exact) mass is 416 g/mol. The van der Waals surface area contributed by atoms with E-state index in [1.165, 1.54) is 0 Å². The average Bonchev–Trinajstić information content (AvgIpc) is 2.60. The minimum Gasteiger partial charge on any atom is -0.487 e. The number of amides is 1. The maximum atomic E-state index is 13.1. The highest BCUT2D eigenvalue weighted by Gasteiger charge is 2.37. The number of hydrogen-bond acceptors (Lipinski definition) is 4. The molecule has 0 aromatic heterocycles. The van der Waals surface area contributed by atoms with E-state index in [1.807, 2.05) is 39.0 Å². The van der Waals surface area contributed by atoms with Crippen LogP contribution < -0.4 is 14.4 Å². The third-order valence-electron chi connectivity index (χ3n) is 5.04. The maximum Gasteiger partial charge on any atom is 0.244 e. The first kappa shape index (κ1) is 21.2. The van der Waals surface area contributed by atoms with Gasteiger partial charge in [0.25, 0.3) is 0 Å². The summed E-state index contributed by atoms with van der Waals surface area (Å²) in [4.78, 5) is 13.1. The lowest BCUT2D eigenvalue weighted by atomic mass is 9.89. The van der Waals surface area contributed by atoms with Crippen molar-refractivity contribution in [3.63, 3.8) is 0 Å². The van der Waals surface area contributed by atoms with Crippen molar-refractivity contribution in [2.45, 2.75) is 51.8 Å². The quantitative estimate of drug-likeness (QED) is 0.809. The summed E-state index contributed by atoms with van der Waals surface area (Å²) in [6.07, 6.45) is 1.70. The lowest BCUT2D eigenvalue weighted by molar-refractivity contribution is -0.123. The van der Waals surface area contributed by atoms with Crippen molar-refractivity contribution in [2.24, 2.45) is 0 Å². The molecule has 156 valence electrons. The zero-order valence-electron chi connectivity index (χ0n) is 17.5. The molecule has 29 heavy (non-hydrogen) atoms. The summed E-state index contributed by atoms with van der Waals surface area (Å²) in [6, 6.07) is 13.4. The summed E-state index contributed by atoms with van der Waals surface area (Å²) in [5, 5.41) is 3.05. The molecule has 0 saturated carbocycles. The lowest BCUT2D eigenvalue weighted by Gasteiger charge is -2.39. The fourth-order valence-electron chi connectivity index (χ4n) is 3.76. The fourth-order valence-corrected chi connectivity index (χ4v) is 4.94. The van der Waals surface area contributed by atoms with Gasteiger partial charge < -0.3 is 10.1 Å². The van der Waals surface area contributed by atoms with E-state index < -0.39 is 21.7 Å². The second-order valence-electron chi connectivity index (χ2n) is 8.24. The van der Waals surface area contributed by atoms with E-state index in [4.69, 9.17) is 4.74 Å². The Hall–Kier alpha value is -2.54. The van der Waals surface area contributed by atoms with Crippen molar-refractivity contribution in [3.8, 4) is 5.75 Å². The van der Waals surface area contributed by atoms with Gasteiger partial charge >= 0.3 is 0 Å². The van der Waals surface area contributed by atoms with Crippen LogP contribution in [0.3, 0.4) is 0 Å². The predicted molar refractivity (Wildman–Crippen MR) is 115 cm³/mol. The van der Waals surface area contributed by atoms with E-state index in [2.05, 4.69) is 5.32 Å². The molecule has 0 saturated heterocycles. The summed E-state index contributed by atoms with van der Waals surface area (Å²) in [7, 11) is -3.64. The molecule has 6 nitrogen and oxygen atoms in total. The van der Waals surface area contributed by atoms with Crippen molar-refractivity contribution in [3.05, 3.63) is 59.7 Å². The molecule has 0 spiro atoms. The lowest BCUT2D eigenvalue weighted by Crippen LogP contribution is -2.50. The molecule has 0 aliphatic carbocycles. The second-order valence-corrected chi connectivity index (χ2v) is 10.1. The summed E-state index contributed by atoms with van der Waals surface area (Å²) in [5.74, 6) is 0.399. The molecule has 0 radical (unpaired) electrons. The zero-order chi connectivity index (χ0) is 21.4. The van der Waals surface area contributed by atoms with Gasteiger partial charge in [0, 0.05) is 12.0 Å². The maximum absolute atomic E-state index is 13.1. The Morgan fingerprint density at radius 2 is 1.86 bits per heavy atom. The number of sulfonamides is 1. The molecule has 1 aliphatic rings. The van der Waals surface area contributed by atoms with Crippen LogP contribution in [0.15, 0.2) is 48.5 Å². The van der Waals surface area contributed by atoms with Gasteiger partial charge in [0.1, 0.15) is 17.4 Å². The number of hydrogen-bond donors (Lipinski definition) is 1. The van der Waals surface area contributed by atoms with Gasteiger partial charge in [0.2, 0.25) is 15.9 Å². The van der Waals surface area contributed by atoms with E-state index in [9.17, 15) is 13.2 Å². The highest BCUT2D eigenvalue weighted by Crippen LogP contribution is 2.40. The van der Waals surface area contributed by atoms with Crippen LogP contribution in [-0.2, 0) is 14.8 Å². The number of carbonyl (C=O) groups excluding carboxylic acids is 1. The number of nitrogens with zero attached hydrogens (tertiary/aromatic N) is 1. The number of carbonyl (C=O) groups is 1. The molecule has 1 heterocycles. The minimum absolute atomic E-state index is 0.263. The number of aryl methyl sites for hydroxylation is 1. The van der Waals surface area contributed by atoms with Crippen LogP contribution in [0.4, 0.5) is 5.69 Å². The van der Waals surface area contributed by atoms with E-state index in [0.29, 0.717) is 12.1 Å². The van der Waals surface area contributed by atoms with Crippen LogP contribution in [0, 0.1) is 6.92 Å². The molecule has 1 aliphatic heterocycles. The Bertz CT molecular complexity index is 1000. The largest absolute Gasteiger partial charge is 0.487 e. The summed E-state index contributed by atoms with van der Waals surface area (Å²) >= 11 is 0. The van der Waals surface area contributed by atoms with Gasteiger partial charge in [0.05, 0.1) is 18.0 Å². The molecule has 1 amide bonds. The van der Waals surface area contributed by atoms with Gasteiger partial charge in [-0.2, -0.15) is 0 Å². The van der Waals surface area contributed by atoms with E-state index in [-0.39, 0.29) is 11.9 Å². The molecule has 3 rings (SSSR count). The van der Waals surface area contributed by atoms with Crippen molar-refractivity contribution >= 4 is 21.6 Å². The second kappa shape index (κ2) is 7.71. The van der Waals surface area contributed by atoms with Crippen LogP contribution >= 0.6 is 0 Å². The topological polar surface area (TPSA) is 75.7 Å². The molecular weight excluding hydrogens is 388 g/mol. The highest BCUT2D eigenvalue weighted by atomic mass is 32.2. The van der Waals surface area contributed by atoms with Crippen LogP contribution in [0.25, 0.3) is 0 Å². The fraction of sp³-hybridized carbons (Fsp3) is 0.409. The summed E-state index contributed by atoms with van der Waals surface area (Å²) in [6.45, 7) is 7.55. The highest BCUT2D eigenvalue weighted by molar-refractivity contribution is 7.92. The smallest absolute Gasteiger partial charge is 0.244 e. The van der Waals surface area contributed by atoms with Crippen LogP contribution in [0.5, 0.6) is 5.75 Å². The third kappa shape index (κ3) is 4.72. The standard InChI is InChI=1S/C22H28N2O4S/c1-15-11-12-18-19(14-22(3,4)28-20(18)13-15)23-21(25)16(2)24(29(5,26)27)17-9-7-6-8-10-17/h6-13,16,19H,14H2,1-5H3,(H,23,25). The normalized spacial score (nSPS) is 18.9. The Balaban J connectivity index is 1.89. The first-order valence-corrected chi connectivity index (χ1v) is 11.5. The molecule has 2 unspecified atom stereocenters. The van der Waals surface area contributed by atoms with E-state index >= 15 is 0 Å².